The summed E-state index contributed by atoms with van der Waals surface area (Å²) in [4.78, 5) is 14.4. The lowest BCUT2D eigenvalue weighted by Gasteiger charge is -2.26. The van der Waals surface area contributed by atoms with E-state index < -0.39 is 11.7 Å². The maximum atomic E-state index is 13.0. The SMILES string of the molecule is CN(C)CCOc1ccc2c(c1)C(=O)CCC2c1cccc(C(F)(F)F)c1. The van der Waals surface area contributed by atoms with Crippen LogP contribution < -0.4 is 4.74 Å². The number of rotatable bonds is 5. The van der Waals surface area contributed by atoms with Gasteiger partial charge in [0, 0.05) is 24.4 Å². The molecule has 0 spiro atoms. The van der Waals surface area contributed by atoms with Crippen LogP contribution in [0.25, 0.3) is 0 Å². The Balaban J connectivity index is 1.89. The van der Waals surface area contributed by atoms with E-state index in [1.54, 1.807) is 18.2 Å². The number of hydrogen-bond donors (Lipinski definition) is 0. The number of likely N-dealkylation sites (N-methyl/N-ethyl adjacent to an activating group) is 1. The van der Waals surface area contributed by atoms with Gasteiger partial charge in [-0.3, -0.25) is 4.79 Å². The Labute approximate surface area is 156 Å². The first-order chi connectivity index (χ1) is 12.8. The maximum absolute atomic E-state index is 13.0. The maximum Gasteiger partial charge on any atom is 0.416 e. The van der Waals surface area contributed by atoms with Crippen LogP contribution in [-0.2, 0) is 6.18 Å². The van der Waals surface area contributed by atoms with Gasteiger partial charge in [0.25, 0.3) is 0 Å². The van der Waals surface area contributed by atoms with E-state index in [4.69, 9.17) is 4.74 Å². The summed E-state index contributed by atoms with van der Waals surface area (Å²) in [7, 11) is 3.89. The van der Waals surface area contributed by atoms with Crippen LogP contribution >= 0.6 is 0 Å². The number of ketones is 1. The second kappa shape index (κ2) is 7.72. The van der Waals surface area contributed by atoms with Gasteiger partial charge in [0.15, 0.2) is 5.78 Å². The van der Waals surface area contributed by atoms with Crippen molar-refractivity contribution >= 4 is 5.78 Å². The molecule has 0 bridgehead atoms. The molecule has 0 fully saturated rings. The standard InChI is InChI=1S/C21H22F3NO2/c1-25(2)10-11-27-16-6-7-18-17(8-9-20(26)19(18)13-16)14-4-3-5-15(12-14)21(22,23)24/h3-7,12-13,17H,8-11H2,1-2H3. The molecule has 0 saturated carbocycles. The molecule has 3 rings (SSSR count). The lowest BCUT2D eigenvalue weighted by atomic mass is 9.78. The van der Waals surface area contributed by atoms with Crippen LogP contribution in [-0.4, -0.2) is 37.9 Å². The molecule has 1 aliphatic carbocycles. The Kier molecular flexibility index (Phi) is 5.56. The fourth-order valence-electron chi connectivity index (χ4n) is 3.36. The number of carbonyl (C=O) groups is 1. The van der Waals surface area contributed by atoms with Crippen molar-refractivity contribution in [1.29, 1.82) is 0 Å². The largest absolute Gasteiger partial charge is 0.492 e. The average Bonchev–Trinajstić information content (AvgIpc) is 2.61. The quantitative estimate of drug-likeness (QED) is 0.753. The van der Waals surface area contributed by atoms with Crippen molar-refractivity contribution in [3.05, 3.63) is 64.7 Å². The highest BCUT2D eigenvalue weighted by molar-refractivity contribution is 5.99. The fraction of sp³-hybridized carbons (Fsp3) is 0.381. The first-order valence-electron chi connectivity index (χ1n) is 8.87. The zero-order valence-electron chi connectivity index (χ0n) is 15.3. The molecule has 6 heteroatoms. The summed E-state index contributed by atoms with van der Waals surface area (Å²) in [5.41, 5.74) is 1.23. The summed E-state index contributed by atoms with van der Waals surface area (Å²) in [5, 5.41) is 0. The third-order valence-corrected chi connectivity index (χ3v) is 4.78. The second-order valence-electron chi connectivity index (χ2n) is 7.04. The van der Waals surface area contributed by atoms with Gasteiger partial charge in [-0.2, -0.15) is 13.2 Å². The van der Waals surface area contributed by atoms with E-state index in [0.717, 1.165) is 18.2 Å². The van der Waals surface area contributed by atoms with Gasteiger partial charge in [-0.25, -0.2) is 0 Å². The van der Waals surface area contributed by atoms with Crippen molar-refractivity contribution in [3.8, 4) is 5.75 Å². The van der Waals surface area contributed by atoms with Gasteiger partial charge >= 0.3 is 6.18 Å². The summed E-state index contributed by atoms with van der Waals surface area (Å²) in [6.45, 7) is 1.24. The van der Waals surface area contributed by atoms with Crippen molar-refractivity contribution in [2.24, 2.45) is 0 Å². The van der Waals surface area contributed by atoms with Crippen LogP contribution in [0.1, 0.15) is 45.8 Å². The third kappa shape index (κ3) is 4.50. The lowest BCUT2D eigenvalue weighted by molar-refractivity contribution is -0.137. The van der Waals surface area contributed by atoms with Gasteiger partial charge in [-0.05, 0) is 49.8 Å². The molecular weight excluding hydrogens is 355 g/mol. The highest BCUT2D eigenvalue weighted by Crippen LogP contribution is 2.40. The molecule has 3 nitrogen and oxygen atoms in total. The molecule has 0 heterocycles. The number of benzene rings is 2. The first kappa shape index (κ1) is 19.4. The topological polar surface area (TPSA) is 29.5 Å². The van der Waals surface area contributed by atoms with Gasteiger partial charge < -0.3 is 9.64 Å². The van der Waals surface area contributed by atoms with E-state index in [9.17, 15) is 18.0 Å². The van der Waals surface area contributed by atoms with Crippen LogP contribution in [0, 0.1) is 0 Å². The smallest absolute Gasteiger partial charge is 0.416 e. The van der Waals surface area contributed by atoms with Crippen LogP contribution in [0.4, 0.5) is 13.2 Å². The number of fused-ring (bicyclic) bond motifs is 1. The van der Waals surface area contributed by atoms with Crippen LogP contribution in [0.3, 0.4) is 0 Å². The van der Waals surface area contributed by atoms with Crippen LogP contribution in [0.15, 0.2) is 42.5 Å². The Bertz CT molecular complexity index is 830. The van der Waals surface area contributed by atoms with E-state index in [-0.39, 0.29) is 11.7 Å². The Morgan fingerprint density at radius 1 is 1.15 bits per heavy atom. The molecule has 0 aromatic heterocycles. The number of halogens is 3. The van der Waals surface area contributed by atoms with Crippen molar-refractivity contribution in [2.75, 3.05) is 27.2 Å². The molecule has 2 aromatic rings. The first-order valence-corrected chi connectivity index (χ1v) is 8.87. The number of carbonyl (C=O) groups excluding carboxylic acids is 1. The van der Waals surface area contributed by atoms with Crippen molar-refractivity contribution < 1.29 is 22.7 Å². The molecule has 144 valence electrons. The van der Waals surface area contributed by atoms with Gasteiger partial charge in [0.1, 0.15) is 12.4 Å². The molecule has 0 amide bonds. The third-order valence-electron chi connectivity index (χ3n) is 4.78. The van der Waals surface area contributed by atoms with E-state index in [0.29, 0.717) is 36.3 Å². The number of ether oxygens (including phenoxy) is 1. The molecule has 1 aliphatic rings. The molecule has 0 aliphatic heterocycles. The van der Waals surface area contributed by atoms with Gasteiger partial charge in [0.2, 0.25) is 0 Å². The van der Waals surface area contributed by atoms with Gasteiger partial charge in [0.05, 0.1) is 5.56 Å². The summed E-state index contributed by atoms with van der Waals surface area (Å²) in [6.07, 6.45) is -3.56. The van der Waals surface area contributed by atoms with E-state index in [1.165, 1.54) is 12.1 Å². The van der Waals surface area contributed by atoms with Gasteiger partial charge in [-0.15, -0.1) is 0 Å². The Hall–Kier alpha value is -2.34. The van der Waals surface area contributed by atoms with Crippen molar-refractivity contribution in [1.82, 2.24) is 4.90 Å². The zero-order chi connectivity index (χ0) is 19.6. The van der Waals surface area contributed by atoms with Crippen molar-refractivity contribution in [3.63, 3.8) is 0 Å². The minimum Gasteiger partial charge on any atom is -0.492 e. The molecular formula is C21H22F3NO2. The predicted molar refractivity (Wildman–Crippen MR) is 97.3 cm³/mol. The fourth-order valence-corrected chi connectivity index (χ4v) is 3.36. The highest BCUT2D eigenvalue weighted by Gasteiger charge is 2.32. The van der Waals surface area contributed by atoms with Gasteiger partial charge in [-0.1, -0.05) is 24.3 Å². The molecule has 0 radical (unpaired) electrons. The number of alkyl halides is 3. The number of nitrogens with zero attached hydrogens (tertiary/aromatic N) is 1. The second-order valence-corrected chi connectivity index (χ2v) is 7.04. The lowest BCUT2D eigenvalue weighted by Crippen LogP contribution is -2.20. The molecule has 2 aromatic carbocycles. The van der Waals surface area contributed by atoms with E-state index >= 15 is 0 Å². The minimum absolute atomic E-state index is 0.00582. The summed E-state index contributed by atoms with van der Waals surface area (Å²) in [5.74, 6) is 0.385. The monoisotopic (exact) mass is 377 g/mol. The summed E-state index contributed by atoms with van der Waals surface area (Å²) in [6, 6.07) is 10.7. The average molecular weight is 377 g/mol. The number of Topliss-reactive ketones (excluding diaryl/α,β-unsaturated/α-hetero) is 1. The van der Waals surface area contributed by atoms with Crippen LogP contribution in [0.2, 0.25) is 0 Å². The molecule has 1 unspecified atom stereocenters. The van der Waals surface area contributed by atoms with E-state index in [2.05, 4.69) is 0 Å². The van der Waals surface area contributed by atoms with Crippen molar-refractivity contribution in [2.45, 2.75) is 24.9 Å². The summed E-state index contributed by atoms with van der Waals surface area (Å²) >= 11 is 0. The molecule has 1 atom stereocenters. The molecule has 27 heavy (non-hydrogen) atoms. The highest BCUT2D eigenvalue weighted by atomic mass is 19.4. The zero-order valence-corrected chi connectivity index (χ0v) is 15.3. The van der Waals surface area contributed by atoms with Crippen LogP contribution in [0.5, 0.6) is 5.75 Å². The Morgan fingerprint density at radius 2 is 1.93 bits per heavy atom. The molecule has 0 saturated heterocycles. The van der Waals surface area contributed by atoms with E-state index in [1.807, 2.05) is 25.1 Å². The molecule has 0 N–H and O–H groups in total. The normalized spacial score (nSPS) is 17.1. The minimum atomic E-state index is -4.38. The summed E-state index contributed by atoms with van der Waals surface area (Å²) < 4.78 is 44.8. The number of hydrogen-bond acceptors (Lipinski definition) is 3. The Morgan fingerprint density at radius 3 is 2.63 bits per heavy atom. The predicted octanol–water partition coefficient (Wildman–Crippen LogP) is 4.75.